The Morgan fingerprint density at radius 3 is 3.00 bits per heavy atom. The summed E-state index contributed by atoms with van der Waals surface area (Å²) in [6.07, 6.45) is 4.65. The molecular formula is C22H22ClN3O3. The van der Waals surface area contributed by atoms with Crippen LogP contribution in [0.5, 0.6) is 11.5 Å². The molecule has 1 heterocycles. The fourth-order valence-electron chi connectivity index (χ4n) is 3.78. The van der Waals surface area contributed by atoms with Crippen LogP contribution in [0.3, 0.4) is 0 Å². The second-order valence-electron chi connectivity index (χ2n) is 7.41. The number of aryl methyl sites for hydroxylation is 1. The van der Waals surface area contributed by atoms with Crippen LogP contribution in [-0.2, 0) is 12.8 Å². The van der Waals surface area contributed by atoms with Gasteiger partial charge in [0.05, 0.1) is 18.3 Å². The number of amides is 1. The van der Waals surface area contributed by atoms with Gasteiger partial charge in [-0.2, -0.15) is 5.10 Å². The quantitative estimate of drug-likeness (QED) is 0.438. The summed E-state index contributed by atoms with van der Waals surface area (Å²) >= 11 is 6.10. The van der Waals surface area contributed by atoms with Gasteiger partial charge in [-0.05, 0) is 61.1 Å². The normalized spacial score (nSPS) is 16.2. The van der Waals surface area contributed by atoms with Gasteiger partial charge in [0.1, 0.15) is 0 Å². The molecule has 3 N–H and O–H groups in total. The fourth-order valence-corrected chi connectivity index (χ4v) is 3.99. The van der Waals surface area contributed by atoms with E-state index in [0.717, 1.165) is 23.7 Å². The van der Waals surface area contributed by atoms with E-state index < -0.39 is 0 Å². The van der Waals surface area contributed by atoms with Crippen molar-refractivity contribution >= 4 is 34.6 Å². The van der Waals surface area contributed by atoms with Crippen LogP contribution in [0.15, 0.2) is 35.4 Å². The van der Waals surface area contributed by atoms with Crippen molar-refractivity contribution < 1.29 is 14.6 Å². The first kappa shape index (κ1) is 19.3. The molecule has 4 rings (SSSR count). The van der Waals surface area contributed by atoms with Gasteiger partial charge in [0, 0.05) is 27.7 Å². The van der Waals surface area contributed by atoms with Crippen LogP contribution in [-0.4, -0.2) is 29.3 Å². The summed E-state index contributed by atoms with van der Waals surface area (Å²) in [5, 5.41) is 15.1. The summed E-state index contributed by atoms with van der Waals surface area (Å²) in [5.41, 5.74) is 7.18. The number of aromatic amines is 1. The number of nitrogens with one attached hydrogen (secondary N) is 2. The molecule has 0 saturated heterocycles. The number of nitrogens with zero attached hydrogens (tertiary/aromatic N) is 1. The molecule has 1 unspecified atom stereocenters. The lowest BCUT2D eigenvalue weighted by Crippen LogP contribution is -2.17. The van der Waals surface area contributed by atoms with Crippen molar-refractivity contribution in [1.82, 2.24) is 10.4 Å². The van der Waals surface area contributed by atoms with E-state index >= 15 is 0 Å². The molecule has 1 aromatic heterocycles. The first-order valence-corrected chi connectivity index (χ1v) is 9.88. The Kier molecular flexibility index (Phi) is 5.20. The van der Waals surface area contributed by atoms with E-state index in [1.807, 2.05) is 12.1 Å². The van der Waals surface area contributed by atoms with Crippen LogP contribution in [0.25, 0.3) is 10.9 Å². The molecule has 0 fully saturated rings. The lowest BCUT2D eigenvalue weighted by molar-refractivity contribution is 0.0955. The molecule has 1 aliphatic rings. The molecule has 1 aliphatic carbocycles. The summed E-state index contributed by atoms with van der Waals surface area (Å²) in [5.74, 6) is 0.444. The topological polar surface area (TPSA) is 86.7 Å². The number of H-pyrrole nitrogens is 1. The number of ether oxygens (including phenoxy) is 1. The minimum Gasteiger partial charge on any atom is -0.503 e. The fraction of sp³-hybridized carbons (Fsp3) is 0.273. The Labute approximate surface area is 173 Å². The smallest absolute Gasteiger partial charge is 0.271 e. The lowest BCUT2D eigenvalue weighted by atomic mass is 9.87. The number of methoxy groups -OCH3 is 1. The summed E-state index contributed by atoms with van der Waals surface area (Å²) in [6, 6.07) is 8.87. The van der Waals surface area contributed by atoms with Crippen LogP contribution in [0.1, 0.15) is 40.5 Å². The number of rotatable bonds is 4. The molecule has 6 nitrogen and oxygen atoms in total. The Morgan fingerprint density at radius 1 is 1.38 bits per heavy atom. The largest absolute Gasteiger partial charge is 0.503 e. The first-order chi connectivity index (χ1) is 14.0. The van der Waals surface area contributed by atoms with E-state index in [0.29, 0.717) is 17.0 Å². The number of hydrogen-bond donors (Lipinski definition) is 3. The number of benzene rings is 2. The molecule has 0 spiro atoms. The SMILES string of the molecule is COc1ccc(/C=N\NC(=O)c2ccc3[nH]c4c(c3c2)CC(C)CC4)c(Cl)c1O. The van der Waals surface area contributed by atoms with Crippen LogP contribution in [0, 0.1) is 5.92 Å². The molecule has 7 heteroatoms. The number of phenols is 1. The number of carbonyl (C=O) groups is 1. The van der Waals surface area contributed by atoms with Crippen molar-refractivity contribution in [2.75, 3.05) is 7.11 Å². The van der Waals surface area contributed by atoms with Crippen LogP contribution < -0.4 is 10.2 Å². The maximum absolute atomic E-state index is 12.5. The van der Waals surface area contributed by atoms with Gasteiger partial charge < -0.3 is 14.8 Å². The van der Waals surface area contributed by atoms with E-state index in [9.17, 15) is 9.90 Å². The number of hydrazone groups is 1. The molecule has 2 aromatic carbocycles. The van der Waals surface area contributed by atoms with Gasteiger partial charge >= 0.3 is 0 Å². The van der Waals surface area contributed by atoms with Gasteiger partial charge in [-0.25, -0.2) is 5.43 Å². The third-order valence-corrected chi connectivity index (χ3v) is 5.79. The highest BCUT2D eigenvalue weighted by atomic mass is 35.5. The van der Waals surface area contributed by atoms with E-state index in [1.54, 1.807) is 18.2 Å². The molecule has 0 radical (unpaired) electrons. The number of hydrogen-bond acceptors (Lipinski definition) is 4. The molecule has 0 bridgehead atoms. The third kappa shape index (κ3) is 3.68. The second-order valence-corrected chi connectivity index (χ2v) is 7.79. The van der Waals surface area contributed by atoms with E-state index in [-0.39, 0.29) is 22.4 Å². The zero-order valence-corrected chi connectivity index (χ0v) is 17.0. The number of halogens is 1. The zero-order valence-electron chi connectivity index (χ0n) is 16.3. The van der Waals surface area contributed by atoms with Crippen molar-refractivity contribution in [3.8, 4) is 11.5 Å². The van der Waals surface area contributed by atoms with E-state index in [1.165, 1.54) is 31.0 Å². The van der Waals surface area contributed by atoms with Crippen LogP contribution in [0.4, 0.5) is 0 Å². The average molecular weight is 412 g/mol. The van der Waals surface area contributed by atoms with Gasteiger partial charge in [0.25, 0.3) is 5.91 Å². The number of aromatic hydroxyl groups is 1. The van der Waals surface area contributed by atoms with Gasteiger partial charge in [-0.1, -0.05) is 18.5 Å². The maximum Gasteiger partial charge on any atom is 0.271 e. The highest BCUT2D eigenvalue weighted by molar-refractivity contribution is 6.34. The van der Waals surface area contributed by atoms with Crippen molar-refractivity contribution in [3.63, 3.8) is 0 Å². The minimum absolute atomic E-state index is 0.108. The van der Waals surface area contributed by atoms with Gasteiger partial charge in [-0.3, -0.25) is 4.79 Å². The Balaban J connectivity index is 1.53. The predicted octanol–water partition coefficient (Wildman–Crippen LogP) is 4.42. The average Bonchev–Trinajstić information content (AvgIpc) is 3.08. The molecular weight excluding hydrogens is 390 g/mol. The lowest BCUT2D eigenvalue weighted by Gasteiger charge is -2.18. The molecule has 1 amide bonds. The number of carbonyl (C=O) groups excluding carboxylic acids is 1. The third-order valence-electron chi connectivity index (χ3n) is 5.40. The minimum atomic E-state index is -0.309. The molecule has 0 saturated carbocycles. The Morgan fingerprint density at radius 2 is 2.21 bits per heavy atom. The molecule has 3 aromatic rings. The Bertz CT molecular complexity index is 1120. The summed E-state index contributed by atoms with van der Waals surface area (Å²) in [7, 11) is 1.44. The van der Waals surface area contributed by atoms with Gasteiger partial charge in [0.2, 0.25) is 0 Å². The molecule has 0 aliphatic heterocycles. The monoisotopic (exact) mass is 411 g/mol. The van der Waals surface area contributed by atoms with Crippen LogP contribution >= 0.6 is 11.6 Å². The number of aromatic nitrogens is 1. The second kappa shape index (κ2) is 7.79. The van der Waals surface area contributed by atoms with Gasteiger partial charge in [0.15, 0.2) is 11.5 Å². The summed E-state index contributed by atoms with van der Waals surface area (Å²) < 4.78 is 5.00. The Hall–Kier alpha value is -2.99. The highest BCUT2D eigenvalue weighted by Gasteiger charge is 2.20. The summed E-state index contributed by atoms with van der Waals surface area (Å²) in [6.45, 7) is 2.26. The van der Waals surface area contributed by atoms with Crippen molar-refractivity contribution in [2.45, 2.75) is 26.2 Å². The first-order valence-electron chi connectivity index (χ1n) is 9.50. The van der Waals surface area contributed by atoms with Crippen LogP contribution in [0.2, 0.25) is 5.02 Å². The highest BCUT2D eigenvalue weighted by Crippen LogP contribution is 2.35. The summed E-state index contributed by atoms with van der Waals surface area (Å²) in [4.78, 5) is 16.0. The van der Waals surface area contributed by atoms with E-state index in [2.05, 4.69) is 22.4 Å². The van der Waals surface area contributed by atoms with Crippen molar-refractivity contribution in [1.29, 1.82) is 0 Å². The van der Waals surface area contributed by atoms with Crippen molar-refractivity contribution in [3.05, 3.63) is 57.7 Å². The van der Waals surface area contributed by atoms with E-state index in [4.69, 9.17) is 16.3 Å². The molecule has 1 atom stereocenters. The predicted molar refractivity (Wildman–Crippen MR) is 114 cm³/mol. The number of fused-ring (bicyclic) bond motifs is 3. The maximum atomic E-state index is 12.5. The van der Waals surface area contributed by atoms with Gasteiger partial charge in [-0.15, -0.1) is 0 Å². The molecule has 29 heavy (non-hydrogen) atoms. The molecule has 150 valence electrons. The zero-order chi connectivity index (χ0) is 20.5. The standard InChI is InChI=1S/C22H22ClN3O3/c1-12-3-6-17-15(9-12)16-10-13(4-7-18(16)25-17)22(28)26-24-11-14-5-8-19(29-2)21(27)20(14)23/h4-5,7-8,10-12,25,27H,3,6,9H2,1-2H3,(H,26,28)/b24-11-. The van der Waals surface area contributed by atoms with Crippen molar-refractivity contribution in [2.24, 2.45) is 11.0 Å². The number of phenolic OH excluding ortho intramolecular Hbond substituents is 1.